The Kier molecular flexibility index (Phi) is 3.81. The number of hydrogen-bond acceptors (Lipinski definition) is 2. The zero-order valence-corrected chi connectivity index (χ0v) is 9.93. The first-order chi connectivity index (χ1) is 8.25. The number of nitrogens with zero attached hydrogens (tertiary/aromatic N) is 1. The van der Waals surface area contributed by atoms with Crippen LogP contribution in [-0.4, -0.2) is 19.0 Å². The van der Waals surface area contributed by atoms with Crippen LogP contribution in [0, 0.1) is 0 Å². The minimum absolute atomic E-state index is 0.412. The van der Waals surface area contributed by atoms with E-state index in [2.05, 4.69) is 17.0 Å². The molecule has 0 atom stereocenters. The van der Waals surface area contributed by atoms with Crippen molar-refractivity contribution >= 4 is 17.7 Å². The van der Waals surface area contributed by atoms with Crippen molar-refractivity contribution in [1.82, 2.24) is 0 Å². The molecular weight excluding hydrogens is 212 g/mol. The Labute approximate surface area is 102 Å². The zero-order chi connectivity index (χ0) is 12.1. The van der Waals surface area contributed by atoms with Gasteiger partial charge in [-0.1, -0.05) is 12.1 Å². The van der Waals surface area contributed by atoms with Gasteiger partial charge in [0.25, 0.3) is 0 Å². The molecule has 0 unspecified atom stereocenters. The molecule has 17 heavy (non-hydrogen) atoms. The number of anilines is 1. The van der Waals surface area contributed by atoms with Crippen molar-refractivity contribution in [3.63, 3.8) is 0 Å². The molecule has 1 saturated heterocycles. The van der Waals surface area contributed by atoms with Gasteiger partial charge in [0.15, 0.2) is 0 Å². The van der Waals surface area contributed by atoms with Gasteiger partial charge in [-0.25, -0.2) is 0 Å². The van der Waals surface area contributed by atoms with Gasteiger partial charge in [-0.3, -0.25) is 4.79 Å². The molecule has 0 radical (unpaired) electrons. The van der Waals surface area contributed by atoms with Gasteiger partial charge in [0.1, 0.15) is 0 Å². The van der Waals surface area contributed by atoms with E-state index in [0.29, 0.717) is 0 Å². The summed E-state index contributed by atoms with van der Waals surface area (Å²) < 4.78 is 0. The number of piperidine rings is 1. The van der Waals surface area contributed by atoms with E-state index in [1.807, 2.05) is 12.1 Å². The SMILES string of the molecule is NC(=O)/C=C\c1ccc(N2CCCCC2)cc1. The summed E-state index contributed by atoms with van der Waals surface area (Å²) in [6.45, 7) is 2.30. The van der Waals surface area contributed by atoms with Gasteiger partial charge in [-0.05, 0) is 43.0 Å². The molecule has 2 rings (SSSR count). The molecule has 1 aromatic rings. The zero-order valence-electron chi connectivity index (χ0n) is 9.93. The summed E-state index contributed by atoms with van der Waals surface area (Å²) in [7, 11) is 0. The summed E-state index contributed by atoms with van der Waals surface area (Å²) in [5.41, 5.74) is 7.32. The standard InChI is InChI=1S/C14H18N2O/c15-14(17)9-6-12-4-7-13(8-5-12)16-10-2-1-3-11-16/h4-9H,1-3,10-11H2,(H2,15,17)/b9-6-. The van der Waals surface area contributed by atoms with Crippen LogP contribution in [0.25, 0.3) is 6.08 Å². The lowest BCUT2D eigenvalue weighted by atomic mass is 10.1. The molecule has 1 amide bonds. The van der Waals surface area contributed by atoms with Gasteiger partial charge < -0.3 is 10.6 Å². The lowest BCUT2D eigenvalue weighted by Gasteiger charge is -2.28. The molecule has 3 heteroatoms. The first-order valence-corrected chi connectivity index (χ1v) is 6.08. The third kappa shape index (κ3) is 3.34. The Bertz CT molecular complexity index is 403. The Hall–Kier alpha value is -1.77. The molecule has 3 nitrogen and oxygen atoms in total. The van der Waals surface area contributed by atoms with Gasteiger partial charge in [0.2, 0.25) is 5.91 Å². The average Bonchev–Trinajstić information content (AvgIpc) is 2.38. The molecule has 0 saturated carbocycles. The van der Waals surface area contributed by atoms with Crippen LogP contribution >= 0.6 is 0 Å². The van der Waals surface area contributed by atoms with Crippen molar-refractivity contribution in [2.75, 3.05) is 18.0 Å². The molecule has 0 spiro atoms. The summed E-state index contributed by atoms with van der Waals surface area (Å²) in [6.07, 6.45) is 7.03. The van der Waals surface area contributed by atoms with Gasteiger partial charge in [-0.15, -0.1) is 0 Å². The maximum Gasteiger partial charge on any atom is 0.241 e. The lowest BCUT2D eigenvalue weighted by Crippen LogP contribution is -2.29. The number of nitrogens with two attached hydrogens (primary N) is 1. The molecule has 90 valence electrons. The second-order valence-corrected chi connectivity index (χ2v) is 4.37. The monoisotopic (exact) mass is 230 g/mol. The molecule has 1 aliphatic heterocycles. The minimum atomic E-state index is -0.412. The van der Waals surface area contributed by atoms with Crippen LogP contribution in [0.2, 0.25) is 0 Å². The van der Waals surface area contributed by atoms with Crippen LogP contribution in [0.3, 0.4) is 0 Å². The van der Waals surface area contributed by atoms with Crippen molar-refractivity contribution in [1.29, 1.82) is 0 Å². The van der Waals surface area contributed by atoms with Crippen LogP contribution in [0.15, 0.2) is 30.3 Å². The number of amides is 1. The van der Waals surface area contributed by atoms with Crippen molar-refractivity contribution in [3.05, 3.63) is 35.9 Å². The predicted octanol–water partition coefficient (Wildman–Crippen LogP) is 2.18. The summed E-state index contributed by atoms with van der Waals surface area (Å²) in [5, 5.41) is 0. The third-order valence-corrected chi connectivity index (χ3v) is 3.05. The number of benzene rings is 1. The number of carbonyl (C=O) groups is 1. The highest BCUT2D eigenvalue weighted by atomic mass is 16.1. The van der Waals surface area contributed by atoms with Crippen molar-refractivity contribution < 1.29 is 4.79 Å². The van der Waals surface area contributed by atoms with E-state index in [-0.39, 0.29) is 0 Å². The van der Waals surface area contributed by atoms with Crippen molar-refractivity contribution in [3.8, 4) is 0 Å². The largest absolute Gasteiger partial charge is 0.372 e. The minimum Gasteiger partial charge on any atom is -0.372 e. The number of primary amides is 1. The molecule has 1 aliphatic rings. The molecular formula is C14H18N2O. The third-order valence-electron chi connectivity index (χ3n) is 3.05. The Morgan fingerprint density at radius 2 is 1.76 bits per heavy atom. The summed E-state index contributed by atoms with van der Waals surface area (Å²) in [5.74, 6) is -0.412. The van der Waals surface area contributed by atoms with Gasteiger partial charge in [0, 0.05) is 24.9 Å². The Morgan fingerprint density at radius 3 is 2.35 bits per heavy atom. The van der Waals surface area contributed by atoms with E-state index in [1.165, 1.54) is 31.0 Å². The Morgan fingerprint density at radius 1 is 1.12 bits per heavy atom. The van der Waals surface area contributed by atoms with E-state index >= 15 is 0 Å². The molecule has 0 aromatic heterocycles. The highest BCUT2D eigenvalue weighted by molar-refractivity contribution is 5.90. The summed E-state index contributed by atoms with van der Waals surface area (Å²) in [6, 6.07) is 8.24. The number of rotatable bonds is 3. The second-order valence-electron chi connectivity index (χ2n) is 4.37. The second kappa shape index (κ2) is 5.53. The van der Waals surface area contributed by atoms with Crippen LogP contribution < -0.4 is 10.6 Å². The van der Waals surface area contributed by atoms with Crippen LogP contribution in [0.5, 0.6) is 0 Å². The van der Waals surface area contributed by atoms with Crippen molar-refractivity contribution in [2.45, 2.75) is 19.3 Å². The molecule has 0 aliphatic carbocycles. The van der Waals surface area contributed by atoms with Crippen LogP contribution in [-0.2, 0) is 4.79 Å². The van der Waals surface area contributed by atoms with Gasteiger partial charge >= 0.3 is 0 Å². The first kappa shape index (κ1) is 11.7. The van der Waals surface area contributed by atoms with Crippen molar-refractivity contribution in [2.24, 2.45) is 5.73 Å². The van der Waals surface area contributed by atoms with Gasteiger partial charge in [-0.2, -0.15) is 0 Å². The summed E-state index contributed by atoms with van der Waals surface area (Å²) in [4.78, 5) is 13.0. The Balaban J connectivity index is 2.04. The lowest BCUT2D eigenvalue weighted by molar-refractivity contribution is -0.113. The molecule has 1 fully saturated rings. The topological polar surface area (TPSA) is 46.3 Å². The van der Waals surface area contributed by atoms with Crippen LogP contribution in [0.4, 0.5) is 5.69 Å². The average molecular weight is 230 g/mol. The first-order valence-electron chi connectivity index (χ1n) is 6.08. The number of carbonyl (C=O) groups excluding carboxylic acids is 1. The van der Waals surface area contributed by atoms with E-state index in [4.69, 9.17) is 5.73 Å². The normalized spacial score (nSPS) is 16.4. The van der Waals surface area contributed by atoms with E-state index < -0.39 is 5.91 Å². The fourth-order valence-corrected chi connectivity index (χ4v) is 2.13. The highest BCUT2D eigenvalue weighted by Gasteiger charge is 2.09. The van der Waals surface area contributed by atoms with E-state index in [0.717, 1.165) is 18.7 Å². The van der Waals surface area contributed by atoms with E-state index in [1.54, 1.807) is 6.08 Å². The summed E-state index contributed by atoms with van der Waals surface area (Å²) >= 11 is 0. The highest BCUT2D eigenvalue weighted by Crippen LogP contribution is 2.20. The van der Waals surface area contributed by atoms with E-state index in [9.17, 15) is 4.79 Å². The predicted molar refractivity (Wildman–Crippen MR) is 70.7 cm³/mol. The molecule has 1 aromatic carbocycles. The quantitative estimate of drug-likeness (QED) is 0.809. The molecule has 1 heterocycles. The molecule has 0 bridgehead atoms. The molecule has 2 N–H and O–H groups in total. The maximum atomic E-state index is 10.6. The smallest absolute Gasteiger partial charge is 0.241 e. The number of hydrogen-bond donors (Lipinski definition) is 1. The van der Waals surface area contributed by atoms with Gasteiger partial charge in [0.05, 0.1) is 0 Å². The van der Waals surface area contributed by atoms with Crippen LogP contribution in [0.1, 0.15) is 24.8 Å². The maximum absolute atomic E-state index is 10.6. The fourth-order valence-electron chi connectivity index (χ4n) is 2.13. The fraction of sp³-hybridized carbons (Fsp3) is 0.357.